The molecule has 0 aliphatic heterocycles. The Kier molecular flexibility index (Phi) is 3.22. The highest BCUT2D eigenvalue weighted by Gasteiger charge is 2.18. The standard InChI is InChI=1S/C7H6BrNO4S/c8-6-2-1-5(3-9-6)14(12,13)4-7(10)11/h1-3H,4H2,(H,10,11). The monoisotopic (exact) mass is 279 g/mol. The maximum absolute atomic E-state index is 11.3. The van der Waals surface area contributed by atoms with E-state index in [9.17, 15) is 13.2 Å². The molecule has 5 nitrogen and oxygen atoms in total. The van der Waals surface area contributed by atoms with Crippen LogP contribution in [-0.4, -0.2) is 30.2 Å². The number of aliphatic carboxylic acids is 1. The lowest BCUT2D eigenvalue weighted by Crippen LogP contribution is -2.15. The number of nitrogens with zero attached hydrogens (tertiary/aromatic N) is 1. The van der Waals surface area contributed by atoms with E-state index in [0.29, 0.717) is 4.60 Å². The van der Waals surface area contributed by atoms with Gasteiger partial charge in [-0.25, -0.2) is 13.4 Å². The summed E-state index contributed by atoms with van der Waals surface area (Å²) in [5.41, 5.74) is 0. The van der Waals surface area contributed by atoms with Crippen LogP contribution in [0.15, 0.2) is 27.8 Å². The fraction of sp³-hybridized carbons (Fsp3) is 0.143. The number of carboxylic acids is 1. The van der Waals surface area contributed by atoms with Crippen LogP contribution in [0.2, 0.25) is 0 Å². The van der Waals surface area contributed by atoms with Crippen molar-refractivity contribution in [3.8, 4) is 0 Å². The van der Waals surface area contributed by atoms with Gasteiger partial charge in [0.25, 0.3) is 0 Å². The first-order valence-electron chi connectivity index (χ1n) is 3.48. The Bertz CT molecular complexity index is 439. The first-order valence-corrected chi connectivity index (χ1v) is 5.92. The third-order valence-corrected chi connectivity index (χ3v) is 3.43. The molecule has 1 heterocycles. The molecular weight excluding hydrogens is 274 g/mol. The first kappa shape index (κ1) is 11.1. The van der Waals surface area contributed by atoms with Crippen LogP contribution in [-0.2, 0) is 14.6 Å². The molecule has 0 saturated carbocycles. The van der Waals surface area contributed by atoms with Gasteiger partial charge in [0.1, 0.15) is 4.60 Å². The number of hydrogen-bond acceptors (Lipinski definition) is 4. The number of carboxylic acid groups (broad SMARTS) is 1. The SMILES string of the molecule is O=C(O)CS(=O)(=O)c1ccc(Br)nc1. The molecule has 0 bridgehead atoms. The number of carbonyl (C=O) groups is 1. The first-order chi connectivity index (χ1) is 6.42. The van der Waals surface area contributed by atoms with Crippen LogP contribution >= 0.6 is 15.9 Å². The minimum Gasteiger partial charge on any atom is -0.480 e. The molecule has 0 fully saturated rings. The van der Waals surface area contributed by atoms with Crippen molar-refractivity contribution in [3.05, 3.63) is 22.9 Å². The number of aromatic nitrogens is 1. The molecule has 1 rings (SSSR count). The Balaban J connectivity index is 3.05. The van der Waals surface area contributed by atoms with Crippen molar-refractivity contribution in [2.24, 2.45) is 0 Å². The topological polar surface area (TPSA) is 84.3 Å². The van der Waals surface area contributed by atoms with E-state index in [1.54, 1.807) is 0 Å². The second-order valence-electron chi connectivity index (χ2n) is 2.47. The fourth-order valence-corrected chi connectivity index (χ4v) is 2.01. The van der Waals surface area contributed by atoms with E-state index in [-0.39, 0.29) is 4.90 Å². The van der Waals surface area contributed by atoms with Gasteiger partial charge in [0, 0.05) is 6.20 Å². The van der Waals surface area contributed by atoms with Crippen LogP contribution in [0.5, 0.6) is 0 Å². The molecule has 0 radical (unpaired) electrons. The van der Waals surface area contributed by atoms with Gasteiger partial charge in [-0.2, -0.15) is 0 Å². The maximum Gasteiger partial charge on any atom is 0.319 e. The summed E-state index contributed by atoms with van der Waals surface area (Å²) in [5, 5.41) is 8.36. The quantitative estimate of drug-likeness (QED) is 0.824. The largest absolute Gasteiger partial charge is 0.480 e. The second-order valence-corrected chi connectivity index (χ2v) is 5.27. The van der Waals surface area contributed by atoms with Crippen LogP contribution in [0.1, 0.15) is 0 Å². The summed E-state index contributed by atoms with van der Waals surface area (Å²) in [4.78, 5) is 13.8. The zero-order valence-electron chi connectivity index (χ0n) is 6.84. The Labute approximate surface area is 88.8 Å². The van der Waals surface area contributed by atoms with E-state index in [2.05, 4.69) is 20.9 Å². The van der Waals surface area contributed by atoms with E-state index in [1.807, 2.05) is 0 Å². The molecule has 0 saturated heterocycles. The van der Waals surface area contributed by atoms with Gasteiger partial charge in [0.2, 0.25) is 0 Å². The van der Waals surface area contributed by atoms with Crippen molar-refractivity contribution in [1.29, 1.82) is 0 Å². The lowest BCUT2D eigenvalue weighted by Gasteiger charge is -1.99. The third kappa shape index (κ3) is 2.78. The highest BCUT2D eigenvalue weighted by atomic mass is 79.9. The Morgan fingerprint density at radius 2 is 2.14 bits per heavy atom. The van der Waals surface area contributed by atoms with Crippen molar-refractivity contribution in [1.82, 2.24) is 4.98 Å². The smallest absolute Gasteiger partial charge is 0.319 e. The molecular formula is C7H6BrNO4S. The van der Waals surface area contributed by atoms with Crippen molar-refractivity contribution in [2.45, 2.75) is 4.90 Å². The van der Waals surface area contributed by atoms with Crippen molar-refractivity contribution in [2.75, 3.05) is 5.75 Å². The molecule has 0 unspecified atom stereocenters. The summed E-state index contributed by atoms with van der Waals surface area (Å²) in [6.07, 6.45) is 1.11. The van der Waals surface area contributed by atoms with Crippen LogP contribution in [0.4, 0.5) is 0 Å². The molecule has 0 aliphatic carbocycles. The lowest BCUT2D eigenvalue weighted by molar-refractivity contribution is -0.134. The highest BCUT2D eigenvalue weighted by Crippen LogP contribution is 2.12. The molecule has 76 valence electrons. The normalized spacial score (nSPS) is 11.2. The van der Waals surface area contributed by atoms with E-state index < -0.39 is 21.6 Å². The minimum absolute atomic E-state index is 0.0944. The van der Waals surface area contributed by atoms with Gasteiger partial charge in [-0.1, -0.05) is 0 Å². The Morgan fingerprint density at radius 3 is 2.57 bits per heavy atom. The van der Waals surface area contributed by atoms with Gasteiger partial charge in [-0.3, -0.25) is 4.79 Å². The van der Waals surface area contributed by atoms with Gasteiger partial charge >= 0.3 is 5.97 Å². The Morgan fingerprint density at radius 1 is 1.50 bits per heavy atom. The van der Waals surface area contributed by atoms with Crippen molar-refractivity contribution < 1.29 is 18.3 Å². The van der Waals surface area contributed by atoms with E-state index in [1.165, 1.54) is 12.1 Å². The van der Waals surface area contributed by atoms with Gasteiger partial charge < -0.3 is 5.11 Å². The molecule has 1 N–H and O–H groups in total. The van der Waals surface area contributed by atoms with E-state index in [0.717, 1.165) is 6.20 Å². The highest BCUT2D eigenvalue weighted by molar-refractivity contribution is 9.10. The average molecular weight is 280 g/mol. The van der Waals surface area contributed by atoms with Crippen LogP contribution in [0.25, 0.3) is 0 Å². The lowest BCUT2D eigenvalue weighted by atomic mass is 10.5. The zero-order valence-corrected chi connectivity index (χ0v) is 9.25. The number of sulfone groups is 1. The van der Waals surface area contributed by atoms with Crippen LogP contribution in [0.3, 0.4) is 0 Å². The minimum atomic E-state index is -3.76. The maximum atomic E-state index is 11.3. The summed E-state index contributed by atoms with van der Waals surface area (Å²) in [5.74, 6) is -2.30. The number of pyridine rings is 1. The number of halogens is 1. The summed E-state index contributed by atoms with van der Waals surface area (Å²) in [6.45, 7) is 0. The van der Waals surface area contributed by atoms with Gasteiger partial charge in [-0.05, 0) is 28.1 Å². The molecule has 7 heteroatoms. The third-order valence-electron chi connectivity index (χ3n) is 1.37. The van der Waals surface area contributed by atoms with Gasteiger partial charge in [0.15, 0.2) is 15.6 Å². The molecule has 1 aromatic heterocycles. The zero-order chi connectivity index (χ0) is 10.8. The van der Waals surface area contributed by atoms with Gasteiger partial charge in [0.05, 0.1) is 4.90 Å². The van der Waals surface area contributed by atoms with Crippen LogP contribution < -0.4 is 0 Å². The van der Waals surface area contributed by atoms with Gasteiger partial charge in [-0.15, -0.1) is 0 Å². The predicted molar refractivity (Wildman–Crippen MR) is 51.6 cm³/mol. The number of hydrogen-bond donors (Lipinski definition) is 1. The molecule has 0 spiro atoms. The van der Waals surface area contributed by atoms with E-state index in [4.69, 9.17) is 5.11 Å². The predicted octanol–water partition coefficient (Wildman–Crippen LogP) is 0.702. The summed E-state index contributed by atoms with van der Waals surface area (Å²) in [6, 6.07) is 2.74. The van der Waals surface area contributed by atoms with E-state index >= 15 is 0 Å². The molecule has 0 aromatic carbocycles. The van der Waals surface area contributed by atoms with Crippen LogP contribution in [0, 0.1) is 0 Å². The number of rotatable bonds is 3. The summed E-state index contributed by atoms with van der Waals surface area (Å²) < 4.78 is 23.1. The Hall–Kier alpha value is -0.950. The molecule has 0 atom stereocenters. The van der Waals surface area contributed by atoms with Crippen molar-refractivity contribution in [3.63, 3.8) is 0 Å². The second kappa shape index (κ2) is 4.05. The molecule has 14 heavy (non-hydrogen) atoms. The molecule has 0 amide bonds. The average Bonchev–Trinajstić information content (AvgIpc) is 2.02. The molecule has 1 aromatic rings. The summed E-state index contributed by atoms with van der Waals surface area (Å²) in [7, 11) is -3.76. The van der Waals surface area contributed by atoms with Crippen molar-refractivity contribution >= 4 is 31.7 Å². The molecule has 0 aliphatic rings. The fourth-order valence-electron chi connectivity index (χ4n) is 0.792. The summed E-state index contributed by atoms with van der Waals surface area (Å²) >= 11 is 3.04.